The number of aryl methyl sites for hydroxylation is 2. The fraction of sp³-hybridized carbons (Fsp3) is 0.448. The van der Waals surface area contributed by atoms with Gasteiger partial charge in [-0.05, 0) is 84.0 Å². The van der Waals surface area contributed by atoms with Crippen LogP contribution >= 0.6 is 0 Å². The van der Waals surface area contributed by atoms with Crippen molar-refractivity contribution in [2.75, 3.05) is 44.8 Å². The van der Waals surface area contributed by atoms with Gasteiger partial charge in [-0.25, -0.2) is 4.68 Å². The van der Waals surface area contributed by atoms with Crippen molar-refractivity contribution in [2.45, 2.75) is 45.4 Å². The summed E-state index contributed by atoms with van der Waals surface area (Å²) in [6.07, 6.45) is 2.10. The Kier molecular flexibility index (Phi) is 7.05. The molecule has 2 aliphatic rings. The van der Waals surface area contributed by atoms with E-state index in [-0.39, 0.29) is 11.7 Å². The summed E-state index contributed by atoms with van der Waals surface area (Å²) >= 11 is 0. The molecule has 204 valence electrons. The number of piperazine rings is 1. The van der Waals surface area contributed by atoms with E-state index in [0.29, 0.717) is 17.9 Å². The Morgan fingerprint density at radius 3 is 2.67 bits per heavy atom. The van der Waals surface area contributed by atoms with Crippen LogP contribution < -0.4 is 15.2 Å². The molecular weight excluding hydrogens is 494 g/mol. The second-order valence-corrected chi connectivity index (χ2v) is 10.5. The van der Waals surface area contributed by atoms with E-state index in [0.717, 1.165) is 73.5 Å². The number of nitrogens with zero attached hydrogens (tertiary/aromatic N) is 6. The largest absolute Gasteiger partial charge is 0.495 e. The lowest BCUT2D eigenvalue weighted by atomic mass is 10.00. The summed E-state index contributed by atoms with van der Waals surface area (Å²) in [6.45, 7) is 8.53. The van der Waals surface area contributed by atoms with Gasteiger partial charge in [0.1, 0.15) is 11.8 Å². The maximum atomic E-state index is 13.6. The smallest absolute Gasteiger partial charge is 0.253 e. The summed E-state index contributed by atoms with van der Waals surface area (Å²) in [5.41, 5.74) is 4.79. The minimum atomic E-state index is -0.393. The molecule has 2 aromatic heterocycles. The van der Waals surface area contributed by atoms with Crippen molar-refractivity contribution in [3.05, 3.63) is 75.3 Å². The van der Waals surface area contributed by atoms with Gasteiger partial charge in [-0.1, -0.05) is 12.1 Å². The quantitative estimate of drug-likeness (QED) is 0.390. The molecule has 0 bridgehead atoms. The number of tetrazole rings is 1. The van der Waals surface area contributed by atoms with Crippen molar-refractivity contribution in [1.82, 2.24) is 30.1 Å². The van der Waals surface area contributed by atoms with Crippen molar-refractivity contribution in [3.8, 4) is 5.75 Å². The number of benzene rings is 2. The summed E-state index contributed by atoms with van der Waals surface area (Å²) in [5.74, 6) is 1.53. The zero-order chi connectivity index (χ0) is 26.9. The van der Waals surface area contributed by atoms with Gasteiger partial charge in [0.2, 0.25) is 0 Å². The van der Waals surface area contributed by atoms with E-state index >= 15 is 0 Å². The Labute approximate surface area is 227 Å². The molecule has 2 atom stereocenters. The maximum absolute atomic E-state index is 13.6. The number of aromatic amines is 1. The number of fused-ring (bicyclic) bond motifs is 1. The van der Waals surface area contributed by atoms with E-state index in [4.69, 9.17) is 9.47 Å². The number of methoxy groups -OCH3 is 1. The van der Waals surface area contributed by atoms with Crippen molar-refractivity contribution in [3.63, 3.8) is 0 Å². The molecule has 6 rings (SSSR count). The molecule has 1 N–H and O–H groups in total. The van der Waals surface area contributed by atoms with E-state index in [1.165, 1.54) is 5.56 Å². The Hall–Kier alpha value is -3.76. The third kappa shape index (κ3) is 5.02. The minimum absolute atomic E-state index is 0.0794. The van der Waals surface area contributed by atoms with Gasteiger partial charge in [-0.3, -0.25) is 9.69 Å². The number of hydrogen-bond donors (Lipinski definition) is 1. The standard InChI is InChI=1S/C29H35N7O3/c1-19-15-21-17-23(29(37)30-24(21)16-20(19)2)27(28-31-32-33-36(28)18-22-7-6-14-39-22)35-12-10-34(11-13-35)25-8-4-5-9-26(25)38-3/h4-5,8-9,15-17,22,27H,6-7,10-14,18H2,1-3H3,(H,30,37)/t22-,27+/m1/s1. The van der Waals surface area contributed by atoms with Crippen LogP contribution in [0.1, 0.15) is 41.4 Å². The molecule has 2 saturated heterocycles. The molecule has 0 spiro atoms. The van der Waals surface area contributed by atoms with Crippen LogP contribution in [0.15, 0.2) is 47.3 Å². The second kappa shape index (κ2) is 10.8. The van der Waals surface area contributed by atoms with Crippen LogP contribution in [0.5, 0.6) is 5.75 Å². The number of pyridine rings is 1. The first-order chi connectivity index (χ1) is 19.0. The van der Waals surface area contributed by atoms with E-state index in [9.17, 15) is 4.79 Å². The van der Waals surface area contributed by atoms with Gasteiger partial charge < -0.3 is 19.4 Å². The summed E-state index contributed by atoms with van der Waals surface area (Å²) in [6, 6.07) is 13.9. The number of aromatic nitrogens is 5. The first kappa shape index (κ1) is 25.5. The fourth-order valence-corrected chi connectivity index (χ4v) is 5.83. The van der Waals surface area contributed by atoms with E-state index in [2.05, 4.69) is 56.3 Å². The number of anilines is 1. The predicted octanol–water partition coefficient (Wildman–Crippen LogP) is 3.23. The number of rotatable bonds is 7. The van der Waals surface area contributed by atoms with Crippen molar-refractivity contribution in [1.29, 1.82) is 0 Å². The van der Waals surface area contributed by atoms with Crippen LogP contribution in [-0.2, 0) is 11.3 Å². The highest BCUT2D eigenvalue weighted by atomic mass is 16.5. The lowest BCUT2D eigenvalue weighted by molar-refractivity contribution is 0.0906. The molecule has 2 aromatic carbocycles. The summed E-state index contributed by atoms with van der Waals surface area (Å²) in [4.78, 5) is 21.4. The number of para-hydroxylation sites is 2. The van der Waals surface area contributed by atoms with E-state index in [1.807, 2.05) is 35.0 Å². The molecule has 0 unspecified atom stereocenters. The van der Waals surface area contributed by atoms with Gasteiger partial charge in [-0.15, -0.1) is 5.10 Å². The van der Waals surface area contributed by atoms with Crippen LogP contribution in [0.3, 0.4) is 0 Å². The van der Waals surface area contributed by atoms with Gasteiger partial charge in [0, 0.05) is 43.9 Å². The van der Waals surface area contributed by atoms with Gasteiger partial charge in [0.25, 0.3) is 5.56 Å². The van der Waals surface area contributed by atoms with E-state index < -0.39 is 6.04 Å². The number of nitrogens with one attached hydrogen (secondary N) is 1. The van der Waals surface area contributed by atoms with Gasteiger partial charge >= 0.3 is 0 Å². The van der Waals surface area contributed by atoms with Crippen LogP contribution in [0.4, 0.5) is 5.69 Å². The molecule has 10 nitrogen and oxygen atoms in total. The molecule has 4 heterocycles. The van der Waals surface area contributed by atoms with Gasteiger partial charge in [0.15, 0.2) is 5.82 Å². The third-order valence-corrected chi connectivity index (χ3v) is 8.09. The Morgan fingerprint density at radius 1 is 1.10 bits per heavy atom. The van der Waals surface area contributed by atoms with Crippen LogP contribution in [0.25, 0.3) is 10.9 Å². The zero-order valence-corrected chi connectivity index (χ0v) is 22.8. The van der Waals surface area contributed by atoms with Gasteiger partial charge in [0.05, 0.1) is 25.4 Å². The van der Waals surface area contributed by atoms with E-state index in [1.54, 1.807) is 7.11 Å². The van der Waals surface area contributed by atoms with Gasteiger partial charge in [-0.2, -0.15) is 0 Å². The van der Waals surface area contributed by atoms with Crippen LogP contribution in [-0.4, -0.2) is 76.1 Å². The SMILES string of the molecule is COc1ccccc1N1CCN([C@@H](c2cc3cc(C)c(C)cc3[nH]c2=O)c2nnnn2C[C@H]2CCCO2)CC1. The molecule has 0 radical (unpaired) electrons. The third-order valence-electron chi connectivity index (χ3n) is 8.09. The molecular formula is C29H35N7O3. The van der Waals surface area contributed by atoms with Crippen molar-refractivity contribution >= 4 is 16.6 Å². The zero-order valence-electron chi connectivity index (χ0n) is 22.8. The number of ether oxygens (including phenoxy) is 2. The monoisotopic (exact) mass is 529 g/mol. The topological polar surface area (TPSA) is 101 Å². The molecule has 4 aromatic rings. The Morgan fingerprint density at radius 2 is 1.90 bits per heavy atom. The highest BCUT2D eigenvalue weighted by Crippen LogP contribution is 2.32. The predicted molar refractivity (Wildman–Crippen MR) is 149 cm³/mol. The lowest BCUT2D eigenvalue weighted by Crippen LogP contribution is -2.49. The summed E-state index contributed by atoms with van der Waals surface area (Å²) < 4.78 is 13.3. The lowest BCUT2D eigenvalue weighted by Gasteiger charge is -2.40. The second-order valence-electron chi connectivity index (χ2n) is 10.5. The highest BCUT2D eigenvalue weighted by molar-refractivity contribution is 5.81. The van der Waals surface area contributed by atoms with Crippen molar-refractivity contribution in [2.24, 2.45) is 0 Å². The number of H-pyrrole nitrogens is 1. The maximum Gasteiger partial charge on any atom is 0.253 e. The molecule has 2 fully saturated rings. The molecule has 10 heteroatoms. The Balaban J connectivity index is 1.37. The summed E-state index contributed by atoms with van der Waals surface area (Å²) in [7, 11) is 1.70. The molecule has 39 heavy (non-hydrogen) atoms. The Bertz CT molecular complexity index is 1520. The highest BCUT2D eigenvalue weighted by Gasteiger charge is 2.34. The average Bonchev–Trinajstić information content (AvgIpc) is 3.63. The minimum Gasteiger partial charge on any atom is -0.495 e. The molecule has 0 aliphatic carbocycles. The molecule has 0 saturated carbocycles. The first-order valence-electron chi connectivity index (χ1n) is 13.7. The van der Waals surface area contributed by atoms with Crippen LogP contribution in [0, 0.1) is 13.8 Å². The molecule has 0 amide bonds. The average molecular weight is 530 g/mol. The van der Waals surface area contributed by atoms with Crippen molar-refractivity contribution < 1.29 is 9.47 Å². The fourth-order valence-electron chi connectivity index (χ4n) is 5.83. The normalized spacial score (nSPS) is 19.1. The summed E-state index contributed by atoms with van der Waals surface area (Å²) in [5, 5.41) is 13.9. The first-order valence-corrected chi connectivity index (χ1v) is 13.7. The van der Waals surface area contributed by atoms with Crippen LogP contribution in [0.2, 0.25) is 0 Å². The molecule has 2 aliphatic heterocycles. The number of hydrogen-bond acceptors (Lipinski definition) is 8.